The van der Waals surface area contributed by atoms with E-state index in [1.165, 1.54) is 12.1 Å². The van der Waals surface area contributed by atoms with Crippen molar-refractivity contribution in [2.75, 3.05) is 0 Å². The molecule has 2 aromatic heterocycles. The number of benzene rings is 3. The van der Waals surface area contributed by atoms with E-state index >= 15 is 0 Å². The highest BCUT2D eigenvalue weighted by Crippen LogP contribution is 2.33. The molecule has 0 aliphatic heterocycles. The molecule has 0 aliphatic carbocycles. The molecule has 5 aromatic rings. The standard InChI is InChI=1S/C27H23FN2O2/c1-2-29-17-22(12-26(31)30-15-20-10-6-7-11-21(20)16-30)27-24(29)13-23(28)14-25(27)32-18-19-8-4-3-5-9-19/h3-11,13-17H,2,12,18H2,1H3. The molecule has 0 spiro atoms. The number of carbonyl (C=O) groups is 1. The summed E-state index contributed by atoms with van der Waals surface area (Å²) in [6.07, 6.45) is 5.82. The van der Waals surface area contributed by atoms with Crippen molar-refractivity contribution in [3.05, 3.63) is 102 Å². The fourth-order valence-corrected chi connectivity index (χ4v) is 4.17. The van der Waals surface area contributed by atoms with Gasteiger partial charge in [0.1, 0.15) is 18.2 Å². The first-order valence-corrected chi connectivity index (χ1v) is 10.7. The Labute approximate surface area is 185 Å². The fourth-order valence-electron chi connectivity index (χ4n) is 4.17. The molecule has 5 rings (SSSR count). The highest BCUT2D eigenvalue weighted by atomic mass is 19.1. The lowest BCUT2D eigenvalue weighted by Gasteiger charge is -2.10. The van der Waals surface area contributed by atoms with Gasteiger partial charge in [-0.3, -0.25) is 9.36 Å². The van der Waals surface area contributed by atoms with E-state index < -0.39 is 0 Å². The third kappa shape index (κ3) is 3.78. The van der Waals surface area contributed by atoms with E-state index in [4.69, 9.17) is 4.74 Å². The number of fused-ring (bicyclic) bond motifs is 2. The molecular weight excluding hydrogens is 403 g/mol. The normalized spacial score (nSPS) is 11.3. The van der Waals surface area contributed by atoms with Gasteiger partial charge in [-0.25, -0.2) is 4.39 Å². The zero-order valence-electron chi connectivity index (χ0n) is 17.8. The average Bonchev–Trinajstić information content (AvgIpc) is 3.39. The van der Waals surface area contributed by atoms with Crippen molar-refractivity contribution in [3.63, 3.8) is 0 Å². The Balaban J connectivity index is 1.52. The van der Waals surface area contributed by atoms with Crippen LogP contribution in [-0.2, 0) is 19.6 Å². The molecule has 0 atom stereocenters. The van der Waals surface area contributed by atoms with Crippen LogP contribution in [0, 0.1) is 5.82 Å². The highest BCUT2D eigenvalue weighted by Gasteiger charge is 2.18. The molecule has 2 heterocycles. The summed E-state index contributed by atoms with van der Waals surface area (Å²) >= 11 is 0. The summed E-state index contributed by atoms with van der Waals surface area (Å²) < 4.78 is 24.1. The molecule has 160 valence electrons. The number of hydrogen-bond donors (Lipinski definition) is 0. The van der Waals surface area contributed by atoms with Crippen molar-refractivity contribution in [2.45, 2.75) is 26.5 Å². The monoisotopic (exact) mass is 426 g/mol. The third-order valence-electron chi connectivity index (χ3n) is 5.75. The minimum absolute atomic E-state index is 0.0466. The number of aryl methyl sites for hydroxylation is 1. The maximum absolute atomic E-state index is 14.4. The summed E-state index contributed by atoms with van der Waals surface area (Å²) in [4.78, 5) is 13.1. The lowest BCUT2D eigenvalue weighted by Crippen LogP contribution is -2.11. The number of ether oxygens (including phenoxy) is 1. The van der Waals surface area contributed by atoms with Gasteiger partial charge in [0, 0.05) is 36.6 Å². The summed E-state index contributed by atoms with van der Waals surface area (Å²) in [5.74, 6) is 0.0501. The van der Waals surface area contributed by atoms with Crippen LogP contribution in [0.1, 0.15) is 22.8 Å². The molecule has 3 aromatic carbocycles. The van der Waals surface area contributed by atoms with Gasteiger partial charge in [0.25, 0.3) is 0 Å². The molecule has 0 amide bonds. The highest BCUT2D eigenvalue weighted by molar-refractivity contribution is 5.96. The topological polar surface area (TPSA) is 36.2 Å². The Kier molecular flexibility index (Phi) is 5.23. The molecule has 0 fully saturated rings. The van der Waals surface area contributed by atoms with E-state index in [0.29, 0.717) is 18.9 Å². The van der Waals surface area contributed by atoms with Gasteiger partial charge >= 0.3 is 0 Å². The van der Waals surface area contributed by atoms with Gasteiger partial charge in [-0.15, -0.1) is 0 Å². The van der Waals surface area contributed by atoms with Gasteiger partial charge in [-0.2, -0.15) is 0 Å². The second-order valence-electron chi connectivity index (χ2n) is 7.88. The van der Waals surface area contributed by atoms with Crippen LogP contribution in [0.5, 0.6) is 5.75 Å². The lowest BCUT2D eigenvalue weighted by molar-refractivity contribution is 0.0915. The third-order valence-corrected chi connectivity index (χ3v) is 5.75. The van der Waals surface area contributed by atoms with Crippen LogP contribution < -0.4 is 4.74 Å². The molecule has 0 radical (unpaired) electrons. The van der Waals surface area contributed by atoms with Crippen molar-refractivity contribution in [1.82, 2.24) is 9.13 Å². The SMILES string of the molecule is CCn1cc(CC(=O)n2cc3ccccc3c2)c2c(OCc3ccccc3)cc(F)cc21. The molecule has 32 heavy (non-hydrogen) atoms. The van der Waals surface area contributed by atoms with Crippen LogP contribution in [0.15, 0.2) is 85.3 Å². The molecule has 0 bridgehead atoms. The van der Waals surface area contributed by atoms with E-state index in [-0.39, 0.29) is 18.1 Å². The Morgan fingerprint density at radius 2 is 1.62 bits per heavy atom. The maximum atomic E-state index is 14.4. The Hall–Kier alpha value is -3.86. The van der Waals surface area contributed by atoms with Crippen LogP contribution >= 0.6 is 0 Å². The van der Waals surface area contributed by atoms with E-state index in [0.717, 1.165) is 32.8 Å². The number of carbonyl (C=O) groups excluding carboxylic acids is 1. The van der Waals surface area contributed by atoms with Gasteiger partial charge < -0.3 is 9.30 Å². The Morgan fingerprint density at radius 1 is 0.938 bits per heavy atom. The van der Waals surface area contributed by atoms with Crippen molar-refractivity contribution < 1.29 is 13.9 Å². The van der Waals surface area contributed by atoms with E-state index in [9.17, 15) is 9.18 Å². The van der Waals surface area contributed by atoms with Crippen molar-refractivity contribution in [2.24, 2.45) is 0 Å². The van der Waals surface area contributed by atoms with E-state index in [1.54, 1.807) is 4.57 Å². The first kappa shape index (κ1) is 20.1. The number of hydrogen-bond acceptors (Lipinski definition) is 2. The van der Waals surface area contributed by atoms with Crippen LogP contribution in [0.4, 0.5) is 4.39 Å². The molecule has 0 saturated carbocycles. The van der Waals surface area contributed by atoms with Gasteiger partial charge in [0.2, 0.25) is 5.91 Å². The average molecular weight is 426 g/mol. The Bertz CT molecular complexity index is 1380. The Morgan fingerprint density at radius 3 is 2.31 bits per heavy atom. The summed E-state index contributed by atoms with van der Waals surface area (Å²) in [5.41, 5.74) is 2.56. The minimum Gasteiger partial charge on any atom is -0.488 e. The minimum atomic E-state index is -0.358. The molecule has 0 unspecified atom stereocenters. The van der Waals surface area contributed by atoms with Crippen molar-refractivity contribution in [1.29, 1.82) is 0 Å². The van der Waals surface area contributed by atoms with E-state index in [1.807, 2.05) is 84.7 Å². The number of aromatic nitrogens is 2. The van der Waals surface area contributed by atoms with Gasteiger partial charge in [0.05, 0.1) is 11.9 Å². The smallest absolute Gasteiger partial charge is 0.235 e. The molecule has 0 saturated heterocycles. The van der Waals surface area contributed by atoms with Crippen molar-refractivity contribution in [3.8, 4) is 5.75 Å². The number of rotatable bonds is 6. The first-order valence-electron chi connectivity index (χ1n) is 10.7. The zero-order valence-corrected chi connectivity index (χ0v) is 17.8. The van der Waals surface area contributed by atoms with Gasteiger partial charge in [-0.05, 0) is 34.9 Å². The second-order valence-corrected chi connectivity index (χ2v) is 7.88. The number of nitrogens with zero attached hydrogens (tertiary/aromatic N) is 2. The van der Waals surface area contributed by atoms with Crippen LogP contribution in [-0.4, -0.2) is 15.0 Å². The maximum Gasteiger partial charge on any atom is 0.235 e. The molecule has 0 N–H and O–H groups in total. The van der Waals surface area contributed by atoms with E-state index in [2.05, 4.69) is 0 Å². The van der Waals surface area contributed by atoms with Crippen LogP contribution in [0.25, 0.3) is 21.7 Å². The van der Waals surface area contributed by atoms with Gasteiger partial charge in [-0.1, -0.05) is 54.6 Å². The predicted octanol–water partition coefficient (Wildman–Crippen LogP) is 6.22. The van der Waals surface area contributed by atoms with Crippen LogP contribution in [0.3, 0.4) is 0 Å². The first-order chi connectivity index (χ1) is 15.6. The summed E-state index contributed by atoms with van der Waals surface area (Å²) in [6, 6.07) is 20.6. The molecule has 4 nitrogen and oxygen atoms in total. The van der Waals surface area contributed by atoms with Crippen LogP contribution in [0.2, 0.25) is 0 Å². The van der Waals surface area contributed by atoms with Gasteiger partial charge in [0.15, 0.2) is 0 Å². The molecular formula is C27H23FN2O2. The zero-order chi connectivity index (χ0) is 22.1. The lowest BCUT2D eigenvalue weighted by atomic mass is 10.1. The molecule has 0 aliphatic rings. The second kappa shape index (κ2) is 8.35. The molecule has 5 heteroatoms. The quantitative estimate of drug-likeness (QED) is 0.323. The number of halogens is 1. The summed E-state index contributed by atoms with van der Waals surface area (Å²) in [5, 5.41) is 2.82. The summed E-state index contributed by atoms with van der Waals surface area (Å²) in [6.45, 7) is 2.99. The van der Waals surface area contributed by atoms with Crippen molar-refractivity contribution >= 4 is 27.6 Å². The summed E-state index contributed by atoms with van der Waals surface area (Å²) in [7, 11) is 0. The largest absolute Gasteiger partial charge is 0.488 e. The predicted molar refractivity (Wildman–Crippen MR) is 125 cm³/mol. The fraction of sp³-hybridized carbons (Fsp3) is 0.148.